The Hall–Kier alpha value is -1.32. The van der Waals surface area contributed by atoms with Gasteiger partial charge in [-0.25, -0.2) is 0 Å². The molecular formula is C16H20ClN3. The van der Waals surface area contributed by atoms with Crippen molar-refractivity contribution in [2.24, 2.45) is 5.73 Å². The van der Waals surface area contributed by atoms with E-state index in [2.05, 4.69) is 29.1 Å². The molecule has 1 heterocycles. The molecule has 106 valence electrons. The lowest BCUT2D eigenvalue weighted by molar-refractivity contribution is 0.385. The summed E-state index contributed by atoms with van der Waals surface area (Å²) in [5, 5.41) is 1.89. The first kappa shape index (κ1) is 13.7. The molecule has 2 N–H and O–H groups in total. The lowest BCUT2D eigenvalue weighted by Crippen LogP contribution is -2.38. The molecule has 3 nitrogen and oxygen atoms in total. The molecule has 3 rings (SSSR count). The van der Waals surface area contributed by atoms with Gasteiger partial charge in [-0.15, -0.1) is 0 Å². The number of rotatable bonds is 2. The van der Waals surface area contributed by atoms with Gasteiger partial charge in [0.1, 0.15) is 0 Å². The van der Waals surface area contributed by atoms with Crippen molar-refractivity contribution in [2.45, 2.75) is 37.8 Å². The molecule has 2 aromatic rings. The van der Waals surface area contributed by atoms with Gasteiger partial charge < -0.3 is 10.6 Å². The second-order valence-corrected chi connectivity index (χ2v) is 6.11. The fourth-order valence-electron chi connectivity index (χ4n) is 3.10. The number of fused-ring (bicyclic) bond motifs is 1. The van der Waals surface area contributed by atoms with Crippen LogP contribution in [0.1, 0.15) is 25.7 Å². The molecule has 0 atom stereocenters. The summed E-state index contributed by atoms with van der Waals surface area (Å²) in [5.74, 6) is 0. The monoisotopic (exact) mass is 289 g/mol. The minimum absolute atomic E-state index is 0.382. The lowest BCUT2D eigenvalue weighted by Gasteiger charge is -2.35. The van der Waals surface area contributed by atoms with E-state index in [-0.39, 0.29) is 0 Å². The topological polar surface area (TPSA) is 42.2 Å². The molecule has 0 bridgehead atoms. The number of hydrogen-bond acceptors (Lipinski definition) is 3. The van der Waals surface area contributed by atoms with Crippen LogP contribution in [0.3, 0.4) is 0 Å². The summed E-state index contributed by atoms with van der Waals surface area (Å²) < 4.78 is 0. The number of aromatic nitrogens is 1. The average molecular weight is 290 g/mol. The van der Waals surface area contributed by atoms with E-state index in [4.69, 9.17) is 17.3 Å². The quantitative estimate of drug-likeness (QED) is 0.918. The van der Waals surface area contributed by atoms with Crippen LogP contribution in [0.2, 0.25) is 5.02 Å². The van der Waals surface area contributed by atoms with Crippen LogP contribution in [0.25, 0.3) is 10.9 Å². The molecule has 0 radical (unpaired) electrons. The minimum Gasteiger partial charge on any atom is -0.371 e. The highest BCUT2D eigenvalue weighted by atomic mass is 35.5. The average Bonchev–Trinajstić information content (AvgIpc) is 2.46. The Morgan fingerprint density at radius 2 is 1.95 bits per heavy atom. The van der Waals surface area contributed by atoms with Crippen molar-refractivity contribution in [3.63, 3.8) is 0 Å². The molecule has 1 aromatic heterocycles. The molecule has 0 saturated heterocycles. The Bertz CT molecular complexity index is 606. The van der Waals surface area contributed by atoms with Gasteiger partial charge in [-0.05, 0) is 49.9 Å². The van der Waals surface area contributed by atoms with Gasteiger partial charge in [0.2, 0.25) is 0 Å². The van der Waals surface area contributed by atoms with E-state index in [9.17, 15) is 0 Å². The van der Waals surface area contributed by atoms with E-state index in [1.54, 1.807) is 0 Å². The SMILES string of the molecule is CN(c1ccnc2cc(Cl)ccc12)C1CCC(N)CC1. The maximum atomic E-state index is 6.05. The number of halogens is 1. The first-order valence-electron chi connectivity index (χ1n) is 7.18. The third kappa shape index (κ3) is 2.60. The van der Waals surface area contributed by atoms with Gasteiger partial charge in [-0.3, -0.25) is 4.98 Å². The van der Waals surface area contributed by atoms with Gasteiger partial charge in [0.15, 0.2) is 0 Å². The van der Waals surface area contributed by atoms with Crippen molar-refractivity contribution in [1.82, 2.24) is 4.98 Å². The summed E-state index contributed by atoms with van der Waals surface area (Å²) in [4.78, 5) is 6.79. The summed E-state index contributed by atoms with van der Waals surface area (Å²) in [6.45, 7) is 0. The van der Waals surface area contributed by atoms with Crippen LogP contribution < -0.4 is 10.6 Å². The van der Waals surface area contributed by atoms with Gasteiger partial charge in [0.25, 0.3) is 0 Å². The zero-order valence-electron chi connectivity index (χ0n) is 11.7. The summed E-state index contributed by atoms with van der Waals surface area (Å²) in [6, 6.07) is 8.95. The number of pyridine rings is 1. The smallest absolute Gasteiger partial charge is 0.0737 e. The van der Waals surface area contributed by atoms with E-state index < -0.39 is 0 Å². The van der Waals surface area contributed by atoms with E-state index in [0.717, 1.165) is 41.6 Å². The van der Waals surface area contributed by atoms with Crippen LogP contribution in [-0.2, 0) is 0 Å². The van der Waals surface area contributed by atoms with Crippen molar-refractivity contribution in [3.05, 3.63) is 35.5 Å². The Balaban J connectivity index is 1.93. The highest BCUT2D eigenvalue weighted by Crippen LogP contribution is 2.31. The standard InChI is InChI=1S/C16H20ClN3/c1-20(13-5-3-12(18)4-6-13)16-8-9-19-15-10-11(17)2-7-14(15)16/h2,7-10,12-13H,3-6,18H2,1H3. The first-order valence-corrected chi connectivity index (χ1v) is 7.55. The normalized spacial score (nSPS) is 22.9. The molecule has 0 amide bonds. The maximum absolute atomic E-state index is 6.05. The van der Waals surface area contributed by atoms with Crippen LogP contribution in [0.5, 0.6) is 0 Å². The van der Waals surface area contributed by atoms with Gasteiger partial charge in [0.05, 0.1) is 5.52 Å². The molecule has 1 fully saturated rings. The van der Waals surface area contributed by atoms with Crippen molar-refractivity contribution >= 4 is 28.2 Å². The van der Waals surface area contributed by atoms with Crippen molar-refractivity contribution < 1.29 is 0 Å². The molecule has 1 aliphatic rings. The molecule has 0 aliphatic heterocycles. The van der Waals surface area contributed by atoms with Crippen molar-refractivity contribution in [1.29, 1.82) is 0 Å². The molecule has 0 spiro atoms. The molecule has 4 heteroatoms. The second kappa shape index (κ2) is 5.58. The third-order valence-corrected chi connectivity index (χ3v) is 4.59. The zero-order valence-corrected chi connectivity index (χ0v) is 12.5. The largest absolute Gasteiger partial charge is 0.371 e. The van der Waals surface area contributed by atoms with Gasteiger partial charge in [-0.2, -0.15) is 0 Å². The predicted octanol–water partition coefficient (Wildman–Crippen LogP) is 3.59. The predicted molar refractivity (Wildman–Crippen MR) is 85.4 cm³/mol. The van der Waals surface area contributed by atoms with Gasteiger partial charge >= 0.3 is 0 Å². The highest BCUT2D eigenvalue weighted by molar-refractivity contribution is 6.31. The van der Waals surface area contributed by atoms with Crippen molar-refractivity contribution in [3.8, 4) is 0 Å². The van der Waals surface area contributed by atoms with E-state index in [1.165, 1.54) is 5.69 Å². The summed E-state index contributed by atoms with van der Waals surface area (Å²) in [7, 11) is 2.17. The van der Waals surface area contributed by atoms with Crippen LogP contribution in [0.15, 0.2) is 30.5 Å². The first-order chi connectivity index (χ1) is 9.65. The van der Waals surface area contributed by atoms with Crippen LogP contribution in [0, 0.1) is 0 Å². The Morgan fingerprint density at radius 3 is 2.70 bits per heavy atom. The van der Waals surface area contributed by atoms with E-state index >= 15 is 0 Å². The number of hydrogen-bond donors (Lipinski definition) is 1. The zero-order chi connectivity index (χ0) is 14.1. The van der Waals surface area contributed by atoms with Crippen LogP contribution >= 0.6 is 11.6 Å². The second-order valence-electron chi connectivity index (χ2n) is 5.67. The molecule has 20 heavy (non-hydrogen) atoms. The van der Waals surface area contributed by atoms with Gasteiger partial charge in [0, 0.05) is 41.4 Å². The maximum Gasteiger partial charge on any atom is 0.0737 e. The van der Waals surface area contributed by atoms with Crippen molar-refractivity contribution in [2.75, 3.05) is 11.9 Å². The molecule has 0 unspecified atom stereocenters. The number of nitrogens with two attached hydrogens (primary N) is 1. The Kier molecular flexibility index (Phi) is 3.81. The fraction of sp³-hybridized carbons (Fsp3) is 0.438. The lowest BCUT2D eigenvalue weighted by atomic mass is 9.90. The number of anilines is 1. The molecule has 1 aliphatic carbocycles. The summed E-state index contributed by atoms with van der Waals surface area (Å²) in [5.41, 5.74) is 8.18. The molecule has 1 saturated carbocycles. The fourth-order valence-corrected chi connectivity index (χ4v) is 3.27. The molecular weight excluding hydrogens is 270 g/mol. The number of nitrogens with zero attached hydrogens (tertiary/aromatic N) is 2. The Morgan fingerprint density at radius 1 is 1.20 bits per heavy atom. The third-order valence-electron chi connectivity index (χ3n) is 4.35. The van der Waals surface area contributed by atoms with Gasteiger partial charge in [-0.1, -0.05) is 11.6 Å². The molecule has 1 aromatic carbocycles. The summed E-state index contributed by atoms with van der Waals surface area (Å²) >= 11 is 6.05. The number of benzene rings is 1. The summed E-state index contributed by atoms with van der Waals surface area (Å²) in [6.07, 6.45) is 6.41. The van der Waals surface area contributed by atoms with Crippen LogP contribution in [-0.4, -0.2) is 24.1 Å². The van der Waals surface area contributed by atoms with E-state index in [1.807, 2.05) is 18.3 Å². The highest BCUT2D eigenvalue weighted by Gasteiger charge is 2.23. The van der Waals surface area contributed by atoms with E-state index in [0.29, 0.717) is 12.1 Å². The Labute approximate surface area is 124 Å². The minimum atomic E-state index is 0.382. The van der Waals surface area contributed by atoms with Crippen LogP contribution in [0.4, 0.5) is 5.69 Å².